The average Bonchev–Trinajstić information content (AvgIpc) is 2.69. The quantitative estimate of drug-likeness (QED) is 0.730. The number of carbonyl (C=O) groups is 2. The van der Waals surface area contributed by atoms with E-state index in [0.717, 1.165) is 11.3 Å². The third kappa shape index (κ3) is 2.46. The van der Waals surface area contributed by atoms with E-state index in [-0.39, 0.29) is 11.1 Å². The van der Waals surface area contributed by atoms with Crippen LogP contribution in [0.4, 0.5) is 13.2 Å². The minimum absolute atomic E-state index is 0.0943. The summed E-state index contributed by atoms with van der Waals surface area (Å²) in [6.45, 7) is 0. The number of aliphatic hydroxyl groups excluding tert-OH is 1. The molecule has 2 rings (SSSR count). The minimum Gasteiger partial charge on any atom is -0.382 e. The first-order valence-corrected chi connectivity index (χ1v) is 7.12. The maximum absolute atomic E-state index is 12.2. The van der Waals surface area contributed by atoms with Crippen molar-refractivity contribution in [3.05, 3.63) is 18.7 Å². The van der Waals surface area contributed by atoms with E-state index in [1.54, 1.807) is 5.32 Å². The SMILES string of the molecule is O=C1c2c(Br)sc(Br)c2[C@@H](NC(=O)C(F)(F)F)[C@H]1O. The molecule has 4 nitrogen and oxygen atoms in total. The molecule has 10 heteroatoms. The third-order valence-corrected chi connectivity index (χ3v) is 5.12. The number of halogens is 5. The Labute approximate surface area is 125 Å². The van der Waals surface area contributed by atoms with Crippen LogP contribution in [0.15, 0.2) is 7.57 Å². The number of amides is 1. The first kappa shape index (κ1) is 14.9. The highest BCUT2D eigenvalue weighted by molar-refractivity contribution is 9.12. The van der Waals surface area contributed by atoms with Crippen LogP contribution < -0.4 is 5.32 Å². The summed E-state index contributed by atoms with van der Waals surface area (Å²) in [6.07, 6.45) is -6.80. The van der Waals surface area contributed by atoms with Gasteiger partial charge in [0.05, 0.1) is 19.2 Å². The molecule has 0 fully saturated rings. The summed E-state index contributed by atoms with van der Waals surface area (Å²) in [5.41, 5.74) is 0.254. The number of aliphatic hydroxyl groups is 1. The Morgan fingerprint density at radius 2 is 1.89 bits per heavy atom. The second-order valence-electron chi connectivity index (χ2n) is 3.70. The van der Waals surface area contributed by atoms with Crippen molar-refractivity contribution in [2.75, 3.05) is 0 Å². The molecule has 1 aliphatic rings. The zero-order chi connectivity index (χ0) is 14.5. The summed E-state index contributed by atoms with van der Waals surface area (Å²) in [5, 5.41) is 11.3. The number of rotatable bonds is 1. The van der Waals surface area contributed by atoms with Gasteiger partial charge in [0.1, 0.15) is 6.10 Å². The molecular formula is C9H4Br2F3NO3S. The number of fused-ring (bicyclic) bond motifs is 1. The van der Waals surface area contributed by atoms with Crippen molar-refractivity contribution in [3.63, 3.8) is 0 Å². The minimum atomic E-state index is -5.08. The first-order valence-electron chi connectivity index (χ1n) is 4.72. The molecule has 2 N–H and O–H groups in total. The van der Waals surface area contributed by atoms with Gasteiger partial charge in [0.2, 0.25) is 0 Å². The lowest BCUT2D eigenvalue weighted by Crippen LogP contribution is -2.42. The summed E-state index contributed by atoms with van der Waals surface area (Å²) in [5.74, 6) is -2.93. The Morgan fingerprint density at radius 1 is 1.32 bits per heavy atom. The third-order valence-electron chi connectivity index (χ3n) is 2.54. The van der Waals surface area contributed by atoms with Crippen LogP contribution in [0.25, 0.3) is 0 Å². The standard InChI is InChI=1S/C9H4Br2F3NO3S/c10-6-1-2(7(11)19-6)4(16)5(17)3(1)15-8(18)9(12,13)14/h3,5,17H,(H,15,18)/t3-,5-/m1/s1. The lowest BCUT2D eigenvalue weighted by atomic mass is 10.1. The van der Waals surface area contributed by atoms with Gasteiger partial charge in [-0.25, -0.2) is 0 Å². The molecule has 0 spiro atoms. The molecule has 0 saturated carbocycles. The normalized spacial score (nSPS) is 22.5. The van der Waals surface area contributed by atoms with Crippen molar-refractivity contribution in [1.82, 2.24) is 5.32 Å². The van der Waals surface area contributed by atoms with Gasteiger partial charge in [-0.2, -0.15) is 13.2 Å². The average molecular weight is 423 g/mol. The van der Waals surface area contributed by atoms with Gasteiger partial charge in [0, 0.05) is 5.56 Å². The fourth-order valence-corrected chi connectivity index (χ4v) is 5.01. The van der Waals surface area contributed by atoms with Crippen LogP contribution in [0.2, 0.25) is 0 Å². The smallest absolute Gasteiger partial charge is 0.382 e. The molecule has 0 unspecified atom stereocenters. The highest BCUT2D eigenvalue weighted by Gasteiger charge is 2.47. The molecule has 0 bridgehead atoms. The summed E-state index contributed by atoms with van der Waals surface area (Å²) in [6, 6.07) is -1.41. The Kier molecular flexibility index (Phi) is 3.80. The first-order chi connectivity index (χ1) is 8.64. The lowest BCUT2D eigenvalue weighted by Gasteiger charge is -2.17. The molecule has 2 atom stereocenters. The predicted octanol–water partition coefficient (Wildman–Crippen LogP) is 2.55. The summed E-state index contributed by atoms with van der Waals surface area (Å²) in [7, 11) is 0. The zero-order valence-corrected chi connectivity index (χ0v) is 12.7. The van der Waals surface area contributed by atoms with Gasteiger partial charge in [0.25, 0.3) is 0 Å². The van der Waals surface area contributed by atoms with Crippen molar-refractivity contribution in [2.45, 2.75) is 18.3 Å². The molecule has 0 aromatic carbocycles. The maximum Gasteiger partial charge on any atom is 0.471 e. The largest absolute Gasteiger partial charge is 0.471 e. The summed E-state index contributed by atoms with van der Waals surface area (Å²) < 4.78 is 37.4. The number of thiophene rings is 1. The van der Waals surface area contributed by atoms with Gasteiger partial charge in [-0.15, -0.1) is 11.3 Å². The molecular weight excluding hydrogens is 419 g/mol. The number of carbonyl (C=O) groups excluding carboxylic acids is 2. The summed E-state index contributed by atoms with van der Waals surface area (Å²) >= 11 is 7.27. The molecule has 1 aromatic rings. The molecule has 0 radical (unpaired) electrons. The molecule has 1 aliphatic carbocycles. The Balaban J connectivity index is 2.39. The molecule has 1 aromatic heterocycles. The number of hydrogen-bond acceptors (Lipinski definition) is 4. The number of alkyl halides is 3. The molecule has 1 heterocycles. The number of Topliss-reactive ketones (excluding diaryl/α,β-unsaturated/α-hetero) is 1. The topological polar surface area (TPSA) is 66.4 Å². The Hall–Kier alpha value is -0.450. The van der Waals surface area contributed by atoms with E-state index in [9.17, 15) is 27.9 Å². The van der Waals surface area contributed by atoms with Crippen molar-refractivity contribution in [2.24, 2.45) is 0 Å². The highest BCUT2D eigenvalue weighted by atomic mass is 79.9. The Bertz CT molecular complexity index is 572. The second kappa shape index (κ2) is 4.83. The van der Waals surface area contributed by atoms with Gasteiger partial charge in [-0.1, -0.05) is 0 Å². The molecule has 104 valence electrons. The number of nitrogens with one attached hydrogen (secondary N) is 1. The van der Waals surface area contributed by atoms with Crippen LogP contribution >= 0.6 is 43.2 Å². The van der Waals surface area contributed by atoms with Crippen molar-refractivity contribution < 1.29 is 27.9 Å². The van der Waals surface area contributed by atoms with E-state index in [1.165, 1.54) is 0 Å². The van der Waals surface area contributed by atoms with E-state index in [2.05, 4.69) is 31.9 Å². The predicted molar refractivity (Wildman–Crippen MR) is 67.0 cm³/mol. The highest BCUT2D eigenvalue weighted by Crippen LogP contribution is 2.46. The van der Waals surface area contributed by atoms with Gasteiger partial charge in [-0.05, 0) is 31.9 Å². The second-order valence-corrected chi connectivity index (χ2v) is 7.35. The molecule has 1 amide bonds. The van der Waals surface area contributed by atoms with E-state index >= 15 is 0 Å². The maximum atomic E-state index is 12.2. The number of ketones is 1. The van der Waals surface area contributed by atoms with Crippen molar-refractivity contribution in [3.8, 4) is 0 Å². The molecule has 19 heavy (non-hydrogen) atoms. The van der Waals surface area contributed by atoms with E-state index in [0.29, 0.717) is 7.57 Å². The van der Waals surface area contributed by atoms with Crippen LogP contribution in [0.5, 0.6) is 0 Å². The monoisotopic (exact) mass is 421 g/mol. The van der Waals surface area contributed by atoms with Crippen molar-refractivity contribution in [1.29, 1.82) is 0 Å². The van der Waals surface area contributed by atoms with Crippen LogP contribution in [0.3, 0.4) is 0 Å². The van der Waals surface area contributed by atoms with Crippen LogP contribution in [0.1, 0.15) is 22.0 Å². The van der Waals surface area contributed by atoms with Gasteiger partial charge in [-0.3, -0.25) is 9.59 Å². The molecule has 0 aliphatic heterocycles. The lowest BCUT2D eigenvalue weighted by molar-refractivity contribution is -0.174. The van der Waals surface area contributed by atoms with Crippen LogP contribution in [-0.4, -0.2) is 29.1 Å². The van der Waals surface area contributed by atoms with Crippen LogP contribution in [0, 0.1) is 0 Å². The number of hydrogen-bond donors (Lipinski definition) is 2. The van der Waals surface area contributed by atoms with Crippen LogP contribution in [-0.2, 0) is 4.79 Å². The fourth-order valence-electron chi connectivity index (χ4n) is 1.73. The summed E-state index contributed by atoms with van der Waals surface area (Å²) in [4.78, 5) is 22.7. The Morgan fingerprint density at radius 3 is 2.42 bits per heavy atom. The van der Waals surface area contributed by atoms with Gasteiger partial charge < -0.3 is 10.4 Å². The van der Waals surface area contributed by atoms with E-state index in [1.807, 2.05) is 0 Å². The zero-order valence-electron chi connectivity index (χ0n) is 8.72. The van der Waals surface area contributed by atoms with Gasteiger partial charge >= 0.3 is 12.1 Å². The fraction of sp³-hybridized carbons (Fsp3) is 0.333. The van der Waals surface area contributed by atoms with E-state index < -0.39 is 30.0 Å². The molecule has 0 saturated heterocycles. The van der Waals surface area contributed by atoms with Crippen molar-refractivity contribution >= 4 is 54.9 Å². The van der Waals surface area contributed by atoms with E-state index in [4.69, 9.17) is 0 Å². The van der Waals surface area contributed by atoms with Gasteiger partial charge in [0.15, 0.2) is 5.78 Å².